The Morgan fingerprint density at radius 1 is 1.24 bits per heavy atom. The van der Waals surface area contributed by atoms with Crippen molar-refractivity contribution in [2.24, 2.45) is 0 Å². The van der Waals surface area contributed by atoms with Crippen molar-refractivity contribution in [2.75, 3.05) is 0 Å². The minimum absolute atomic E-state index is 0.625. The lowest BCUT2D eigenvalue weighted by Gasteiger charge is -2.14. The molecule has 88 valence electrons. The Morgan fingerprint density at radius 2 is 2.00 bits per heavy atom. The summed E-state index contributed by atoms with van der Waals surface area (Å²) in [6, 6.07) is 7.85. The van der Waals surface area contributed by atoms with Crippen LogP contribution in [0.4, 0.5) is 0 Å². The van der Waals surface area contributed by atoms with E-state index in [1.807, 2.05) is 38.1 Å². The maximum absolute atomic E-state index is 10.4. The van der Waals surface area contributed by atoms with E-state index < -0.39 is 6.10 Å². The van der Waals surface area contributed by atoms with E-state index in [1.165, 1.54) is 0 Å². The van der Waals surface area contributed by atoms with Crippen molar-refractivity contribution in [2.45, 2.75) is 20.0 Å². The van der Waals surface area contributed by atoms with Crippen LogP contribution in [-0.4, -0.2) is 10.1 Å². The van der Waals surface area contributed by atoms with Gasteiger partial charge in [-0.05, 0) is 48.7 Å². The maximum Gasteiger partial charge on any atom is 0.106 e. The van der Waals surface area contributed by atoms with Gasteiger partial charge in [-0.15, -0.1) is 0 Å². The first kappa shape index (κ1) is 12.3. The number of hydrogen-bond donors (Lipinski definition) is 1. The average molecular weight is 292 g/mol. The Hall–Kier alpha value is -1.19. The number of aryl methyl sites for hydroxylation is 2. The zero-order valence-corrected chi connectivity index (χ0v) is 11.4. The van der Waals surface area contributed by atoms with E-state index >= 15 is 0 Å². The van der Waals surface area contributed by atoms with Crippen molar-refractivity contribution < 1.29 is 5.11 Å². The van der Waals surface area contributed by atoms with E-state index in [0.717, 1.165) is 26.7 Å². The van der Waals surface area contributed by atoms with Gasteiger partial charge in [0.25, 0.3) is 0 Å². The van der Waals surface area contributed by atoms with Crippen molar-refractivity contribution in [3.05, 3.63) is 63.4 Å². The van der Waals surface area contributed by atoms with Gasteiger partial charge >= 0.3 is 0 Å². The molecular formula is C14H14BrNO. The molecule has 1 N–H and O–H groups in total. The Morgan fingerprint density at radius 3 is 2.65 bits per heavy atom. The zero-order chi connectivity index (χ0) is 12.4. The van der Waals surface area contributed by atoms with Crippen molar-refractivity contribution in [3.63, 3.8) is 0 Å². The monoisotopic (exact) mass is 291 g/mol. The second-order valence-corrected chi connectivity index (χ2v) is 5.11. The van der Waals surface area contributed by atoms with Gasteiger partial charge in [-0.3, -0.25) is 4.98 Å². The summed E-state index contributed by atoms with van der Waals surface area (Å²) in [5.74, 6) is 0. The van der Waals surface area contributed by atoms with Crippen LogP contribution in [0.15, 0.2) is 41.1 Å². The Labute approximate surface area is 109 Å². The first-order valence-corrected chi connectivity index (χ1v) is 6.23. The van der Waals surface area contributed by atoms with Crippen LogP contribution >= 0.6 is 15.9 Å². The molecule has 1 heterocycles. The third-order valence-electron chi connectivity index (χ3n) is 2.75. The molecule has 1 aromatic heterocycles. The Kier molecular flexibility index (Phi) is 3.60. The number of pyridine rings is 1. The van der Waals surface area contributed by atoms with Crippen molar-refractivity contribution in [1.82, 2.24) is 4.98 Å². The molecule has 2 nitrogen and oxygen atoms in total. The molecular weight excluding hydrogens is 278 g/mol. The zero-order valence-electron chi connectivity index (χ0n) is 9.81. The normalized spacial score (nSPS) is 12.5. The summed E-state index contributed by atoms with van der Waals surface area (Å²) < 4.78 is 0.980. The molecule has 0 amide bonds. The minimum atomic E-state index is -0.625. The number of benzene rings is 1. The highest BCUT2D eigenvalue weighted by Gasteiger charge is 2.13. The van der Waals surface area contributed by atoms with E-state index in [-0.39, 0.29) is 0 Å². The van der Waals surface area contributed by atoms with Crippen LogP contribution in [-0.2, 0) is 0 Å². The summed E-state index contributed by atoms with van der Waals surface area (Å²) in [5.41, 5.74) is 3.90. The number of nitrogens with zero attached hydrogens (tertiary/aromatic N) is 1. The number of halogens is 1. The molecule has 2 rings (SSSR count). The van der Waals surface area contributed by atoms with Crippen LogP contribution in [0.3, 0.4) is 0 Å². The van der Waals surface area contributed by atoms with E-state index in [9.17, 15) is 5.11 Å². The van der Waals surface area contributed by atoms with Crippen LogP contribution in [0.2, 0.25) is 0 Å². The smallest absolute Gasteiger partial charge is 0.106 e. The van der Waals surface area contributed by atoms with Crippen LogP contribution in [0, 0.1) is 13.8 Å². The lowest BCUT2D eigenvalue weighted by Crippen LogP contribution is -2.03. The molecule has 0 fully saturated rings. The van der Waals surface area contributed by atoms with E-state index in [2.05, 4.69) is 20.9 Å². The molecule has 0 spiro atoms. The fourth-order valence-corrected chi connectivity index (χ4v) is 2.49. The van der Waals surface area contributed by atoms with Gasteiger partial charge in [-0.1, -0.05) is 22.0 Å². The fraction of sp³-hybridized carbons (Fsp3) is 0.214. The van der Waals surface area contributed by atoms with Gasteiger partial charge in [0, 0.05) is 22.4 Å². The summed E-state index contributed by atoms with van der Waals surface area (Å²) in [6.07, 6.45) is 2.83. The van der Waals surface area contributed by atoms with E-state index in [4.69, 9.17) is 0 Å². The number of aliphatic hydroxyl groups is 1. The molecule has 1 atom stereocenters. The SMILES string of the molecule is Cc1cc(Br)cc(C(O)c2cnccc2C)c1. The highest BCUT2D eigenvalue weighted by molar-refractivity contribution is 9.10. The molecule has 0 aliphatic heterocycles. The summed E-state index contributed by atoms with van der Waals surface area (Å²) in [4.78, 5) is 4.07. The number of rotatable bonds is 2. The topological polar surface area (TPSA) is 33.1 Å². The predicted octanol–water partition coefficient (Wildman–Crippen LogP) is 3.54. The van der Waals surface area contributed by atoms with Crippen molar-refractivity contribution >= 4 is 15.9 Å². The summed E-state index contributed by atoms with van der Waals surface area (Å²) in [5, 5.41) is 10.4. The minimum Gasteiger partial charge on any atom is -0.384 e. The van der Waals surface area contributed by atoms with Crippen LogP contribution < -0.4 is 0 Å². The van der Waals surface area contributed by atoms with E-state index in [1.54, 1.807) is 12.4 Å². The van der Waals surface area contributed by atoms with Gasteiger partial charge in [0.05, 0.1) is 0 Å². The molecule has 3 heteroatoms. The maximum atomic E-state index is 10.4. The van der Waals surface area contributed by atoms with Gasteiger partial charge in [-0.2, -0.15) is 0 Å². The van der Waals surface area contributed by atoms with Crippen molar-refractivity contribution in [3.8, 4) is 0 Å². The van der Waals surface area contributed by atoms with Gasteiger partial charge < -0.3 is 5.11 Å². The second kappa shape index (κ2) is 4.98. The molecule has 0 aliphatic carbocycles. The fourth-order valence-electron chi connectivity index (χ4n) is 1.86. The lowest BCUT2D eigenvalue weighted by molar-refractivity contribution is 0.219. The van der Waals surface area contributed by atoms with Gasteiger partial charge in [-0.25, -0.2) is 0 Å². The number of aromatic nitrogens is 1. The first-order chi connectivity index (χ1) is 8.08. The van der Waals surface area contributed by atoms with Gasteiger partial charge in [0.2, 0.25) is 0 Å². The molecule has 1 aromatic carbocycles. The molecule has 2 aromatic rings. The Bertz CT molecular complexity index is 519. The van der Waals surface area contributed by atoms with Gasteiger partial charge in [0.1, 0.15) is 6.10 Å². The molecule has 0 bridgehead atoms. The van der Waals surface area contributed by atoms with Crippen molar-refractivity contribution in [1.29, 1.82) is 0 Å². The number of hydrogen-bond acceptors (Lipinski definition) is 2. The summed E-state index contributed by atoms with van der Waals surface area (Å²) in [6.45, 7) is 3.99. The van der Waals surface area contributed by atoms with Crippen LogP contribution in [0.1, 0.15) is 28.4 Å². The molecule has 17 heavy (non-hydrogen) atoms. The first-order valence-electron chi connectivity index (χ1n) is 5.43. The lowest BCUT2D eigenvalue weighted by atomic mass is 9.98. The third kappa shape index (κ3) is 2.73. The molecule has 0 saturated heterocycles. The van der Waals surface area contributed by atoms with E-state index in [0.29, 0.717) is 0 Å². The Balaban J connectivity index is 2.43. The average Bonchev–Trinajstić information content (AvgIpc) is 2.27. The van der Waals surface area contributed by atoms with Gasteiger partial charge in [0.15, 0.2) is 0 Å². The standard InChI is InChI=1S/C14H14BrNO/c1-9-5-11(7-12(15)6-9)14(17)13-8-16-4-3-10(13)2/h3-8,14,17H,1-2H3. The summed E-state index contributed by atoms with van der Waals surface area (Å²) >= 11 is 3.45. The summed E-state index contributed by atoms with van der Waals surface area (Å²) in [7, 11) is 0. The molecule has 1 unspecified atom stereocenters. The highest BCUT2D eigenvalue weighted by atomic mass is 79.9. The molecule has 0 aliphatic rings. The number of aliphatic hydroxyl groups excluding tert-OH is 1. The predicted molar refractivity (Wildman–Crippen MR) is 71.9 cm³/mol. The highest BCUT2D eigenvalue weighted by Crippen LogP contribution is 2.27. The molecule has 0 saturated carbocycles. The second-order valence-electron chi connectivity index (χ2n) is 4.20. The largest absolute Gasteiger partial charge is 0.384 e. The quantitative estimate of drug-likeness (QED) is 0.918. The third-order valence-corrected chi connectivity index (χ3v) is 3.21. The van der Waals surface area contributed by atoms with Crippen LogP contribution in [0.25, 0.3) is 0 Å². The molecule has 0 radical (unpaired) electrons. The van der Waals surface area contributed by atoms with Crippen LogP contribution in [0.5, 0.6) is 0 Å².